The lowest BCUT2D eigenvalue weighted by Gasteiger charge is -2.27. The Bertz CT molecular complexity index is 4150. The number of hydrogen-bond acceptors (Lipinski definition) is 4. The van der Waals surface area contributed by atoms with E-state index in [1.54, 1.807) is 0 Å². The molecule has 0 aliphatic heterocycles. The molecule has 0 radical (unpaired) electrons. The monoisotopic (exact) mass is 823 g/mol. The molecular formula is C58H33NOS2. The quantitative estimate of drug-likeness (QED) is 0.164. The van der Waals surface area contributed by atoms with Gasteiger partial charge in [-0.25, -0.2) is 0 Å². The van der Waals surface area contributed by atoms with Crippen molar-refractivity contribution in [3.63, 3.8) is 0 Å². The second-order valence-electron chi connectivity index (χ2n) is 16.3. The second kappa shape index (κ2) is 13.0. The van der Waals surface area contributed by atoms with Crippen molar-refractivity contribution in [3.05, 3.63) is 200 Å². The summed E-state index contributed by atoms with van der Waals surface area (Å²) in [4.78, 5) is 2.47. The molecule has 0 saturated carbocycles. The topological polar surface area (TPSA) is 16.4 Å². The maximum absolute atomic E-state index is 6.75. The fourth-order valence-electron chi connectivity index (χ4n) is 10.3. The van der Waals surface area contributed by atoms with Crippen molar-refractivity contribution in [3.8, 4) is 11.1 Å². The van der Waals surface area contributed by atoms with Crippen LogP contribution in [0, 0.1) is 0 Å². The lowest BCUT2D eigenvalue weighted by molar-refractivity contribution is 0.669. The van der Waals surface area contributed by atoms with E-state index in [2.05, 4.69) is 205 Å². The molecule has 0 unspecified atom stereocenters. The lowest BCUT2D eigenvalue weighted by Crippen LogP contribution is -2.10. The summed E-state index contributed by atoms with van der Waals surface area (Å²) in [6.45, 7) is 0. The van der Waals surface area contributed by atoms with Crippen LogP contribution in [0.15, 0.2) is 205 Å². The zero-order valence-corrected chi connectivity index (χ0v) is 34.9. The molecule has 0 aliphatic rings. The SMILES string of the molecule is c1cc(-c2ccc3c(c2)oc2ccc4ccc5sc6ccccc6c5c4c23)cc(N(c2ccc3c4ccccc4c4ccccc4c3c2)c2cccc3c2sc2ccccc23)c1. The summed E-state index contributed by atoms with van der Waals surface area (Å²) in [6.07, 6.45) is 0. The zero-order chi connectivity index (χ0) is 40.5. The van der Waals surface area contributed by atoms with Gasteiger partial charge in [-0.3, -0.25) is 0 Å². The number of anilines is 3. The van der Waals surface area contributed by atoms with Gasteiger partial charge in [0.05, 0.1) is 10.4 Å². The summed E-state index contributed by atoms with van der Waals surface area (Å²) in [5.74, 6) is 0. The van der Waals surface area contributed by atoms with Crippen LogP contribution in [0.1, 0.15) is 0 Å². The van der Waals surface area contributed by atoms with Crippen LogP contribution in [0.2, 0.25) is 0 Å². The summed E-state index contributed by atoms with van der Waals surface area (Å²) in [5, 5.41) is 17.6. The Morgan fingerprint density at radius 2 is 0.935 bits per heavy atom. The summed E-state index contributed by atoms with van der Waals surface area (Å²) < 4.78 is 11.9. The number of nitrogens with zero attached hydrogens (tertiary/aromatic N) is 1. The molecule has 3 aromatic heterocycles. The molecule has 0 bridgehead atoms. The molecule has 0 fully saturated rings. The average molecular weight is 824 g/mol. The van der Waals surface area contributed by atoms with Crippen LogP contribution >= 0.6 is 22.7 Å². The van der Waals surface area contributed by atoms with Gasteiger partial charge in [0.15, 0.2) is 0 Å². The van der Waals surface area contributed by atoms with E-state index in [-0.39, 0.29) is 0 Å². The minimum absolute atomic E-state index is 0.896. The molecule has 288 valence electrons. The number of furan rings is 1. The Hall–Kier alpha value is -7.50. The summed E-state index contributed by atoms with van der Waals surface area (Å²) in [5.41, 5.74) is 7.44. The molecule has 62 heavy (non-hydrogen) atoms. The third-order valence-corrected chi connectivity index (χ3v) is 15.4. The van der Waals surface area contributed by atoms with Crippen molar-refractivity contribution in [2.24, 2.45) is 0 Å². The van der Waals surface area contributed by atoms with Crippen LogP contribution in [-0.2, 0) is 0 Å². The van der Waals surface area contributed by atoms with Gasteiger partial charge in [-0.1, -0.05) is 133 Å². The number of hydrogen-bond donors (Lipinski definition) is 0. The van der Waals surface area contributed by atoms with E-state index in [0.29, 0.717) is 0 Å². The number of fused-ring (bicyclic) bond motifs is 18. The Kier molecular flexibility index (Phi) is 7.18. The summed E-state index contributed by atoms with van der Waals surface area (Å²) >= 11 is 3.73. The third kappa shape index (κ3) is 4.90. The molecule has 2 nitrogen and oxygen atoms in total. The van der Waals surface area contributed by atoms with Gasteiger partial charge in [0.2, 0.25) is 0 Å². The average Bonchev–Trinajstić information content (AvgIpc) is 4.03. The number of benzene rings is 11. The Balaban J connectivity index is 0.980. The minimum Gasteiger partial charge on any atom is -0.456 e. The Labute approximate surface area is 363 Å². The van der Waals surface area contributed by atoms with Crippen LogP contribution in [-0.4, -0.2) is 0 Å². The Morgan fingerprint density at radius 3 is 1.74 bits per heavy atom. The summed E-state index contributed by atoms with van der Waals surface area (Å²) in [7, 11) is 0. The van der Waals surface area contributed by atoms with E-state index in [4.69, 9.17) is 4.42 Å². The van der Waals surface area contributed by atoms with Crippen molar-refractivity contribution in [1.29, 1.82) is 0 Å². The van der Waals surface area contributed by atoms with E-state index < -0.39 is 0 Å². The predicted molar refractivity (Wildman–Crippen MR) is 270 cm³/mol. The van der Waals surface area contributed by atoms with E-state index in [9.17, 15) is 0 Å². The standard InChI is InChI=1S/C58H33NOS2/c1-2-15-41-39(13-1)40-14-3-4-16-42(40)48-33-38(26-28-43(41)48)59(49-20-10-19-45-44-17-5-7-21-52(44)62-58(45)49)37-12-9-11-35(31-37)36-23-27-46-51(32-36)60-50-29-24-34-25-30-54-57(55(34)56(46)50)47-18-6-8-22-53(47)61-54/h1-33H. The zero-order valence-electron chi connectivity index (χ0n) is 33.2. The second-order valence-corrected chi connectivity index (χ2v) is 18.5. The molecule has 4 heteroatoms. The molecule has 11 aromatic carbocycles. The van der Waals surface area contributed by atoms with E-state index in [1.807, 2.05) is 22.7 Å². The first-order valence-electron chi connectivity index (χ1n) is 21.1. The highest BCUT2D eigenvalue weighted by Crippen LogP contribution is 2.48. The van der Waals surface area contributed by atoms with Crippen LogP contribution in [0.25, 0.3) is 116 Å². The normalized spacial score (nSPS) is 12.2. The van der Waals surface area contributed by atoms with Gasteiger partial charge in [-0.05, 0) is 116 Å². The lowest BCUT2D eigenvalue weighted by atomic mass is 9.94. The minimum atomic E-state index is 0.896. The third-order valence-electron chi connectivity index (χ3n) is 13.0. The van der Waals surface area contributed by atoms with Gasteiger partial charge in [0, 0.05) is 63.2 Å². The van der Waals surface area contributed by atoms with Crippen LogP contribution in [0.3, 0.4) is 0 Å². The molecule has 3 heterocycles. The highest BCUT2D eigenvalue weighted by Gasteiger charge is 2.21. The van der Waals surface area contributed by atoms with Crippen molar-refractivity contribution < 1.29 is 4.42 Å². The maximum atomic E-state index is 6.75. The molecule has 14 aromatic rings. The predicted octanol–water partition coefficient (Wildman–Crippen LogP) is 18.1. The van der Waals surface area contributed by atoms with E-state index in [0.717, 1.165) is 44.7 Å². The van der Waals surface area contributed by atoms with E-state index in [1.165, 1.54) is 88.8 Å². The largest absolute Gasteiger partial charge is 0.456 e. The number of rotatable bonds is 4. The van der Waals surface area contributed by atoms with Crippen LogP contribution in [0.5, 0.6) is 0 Å². The fraction of sp³-hybridized carbons (Fsp3) is 0. The van der Waals surface area contributed by atoms with Gasteiger partial charge in [0.25, 0.3) is 0 Å². The van der Waals surface area contributed by atoms with E-state index >= 15 is 0 Å². The van der Waals surface area contributed by atoms with Crippen molar-refractivity contribution >= 4 is 145 Å². The highest BCUT2D eigenvalue weighted by atomic mass is 32.1. The molecule has 0 N–H and O–H groups in total. The molecule has 0 spiro atoms. The van der Waals surface area contributed by atoms with Crippen LogP contribution in [0.4, 0.5) is 17.1 Å². The number of thiophene rings is 2. The fourth-order valence-corrected chi connectivity index (χ4v) is 12.6. The van der Waals surface area contributed by atoms with Crippen molar-refractivity contribution in [1.82, 2.24) is 0 Å². The smallest absolute Gasteiger partial charge is 0.136 e. The van der Waals surface area contributed by atoms with Gasteiger partial charge in [-0.15, -0.1) is 22.7 Å². The molecule has 0 atom stereocenters. The highest BCUT2D eigenvalue weighted by molar-refractivity contribution is 7.26. The Morgan fingerprint density at radius 1 is 0.323 bits per heavy atom. The first-order valence-corrected chi connectivity index (χ1v) is 22.7. The summed E-state index contributed by atoms with van der Waals surface area (Å²) in [6, 6.07) is 73.7. The van der Waals surface area contributed by atoms with Gasteiger partial charge in [-0.2, -0.15) is 0 Å². The first-order chi connectivity index (χ1) is 30.7. The molecule has 14 rings (SSSR count). The molecule has 0 saturated heterocycles. The van der Waals surface area contributed by atoms with Crippen molar-refractivity contribution in [2.45, 2.75) is 0 Å². The van der Waals surface area contributed by atoms with Gasteiger partial charge in [0.1, 0.15) is 11.2 Å². The molecular weight excluding hydrogens is 791 g/mol. The first kappa shape index (κ1) is 34.2. The molecule has 0 amide bonds. The van der Waals surface area contributed by atoms with Gasteiger partial charge < -0.3 is 9.32 Å². The molecule has 0 aliphatic carbocycles. The maximum Gasteiger partial charge on any atom is 0.136 e. The van der Waals surface area contributed by atoms with Gasteiger partial charge >= 0.3 is 0 Å². The van der Waals surface area contributed by atoms with Crippen LogP contribution < -0.4 is 4.90 Å². The van der Waals surface area contributed by atoms with Crippen molar-refractivity contribution in [2.75, 3.05) is 4.90 Å².